The van der Waals surface area contributed by atoms with Crippen molar-refractivity contribution < 1.29 is 14.3 Å². The molecule has 0 aliphatic carbocycles. The molecule has 0 atom stereocenters. The van der Waals surface area contributed by atoms with Crippen molar-refractivity contribution in [1.82, 2.24) is 16.2 Å². The zero-order valence-electron chi connectivity index (χ0n) is 17.3. The number of hydrazine groups is 1. The van der Waals surface area contributed by atoms with E-state index < -0.39 is 5.91 Å². The average Bonchev–Trinajstić information content (AvgIpc) is 2.78. The third-order valence-electron chi connectivity index (χ3n) is 4.49. The molecule has 0 radical (unpaired) electrons. The van der Waals surface area contributed by atoms with Gasteiger partial charge >= 0.3 is 0 Å². The number of carbonyl (C=O) groups excluding carboxylic acids is 2. The number of benzene rings is 3. The Morgan fingerprint density at radius 3 is 2.23 bits per heavy atom. The summed E-state index contributed by atoms with van der Waals surface area (Å²) in [5.41, 5.74) is 9.49. The minimum atomic E-state index is -0.427. The number of hydrogen-bond donors (Lipinski definition) is 3. The Morgan fingerprint density at radius 2 is 1.55 bits per heavy atom. The van der Waals surface area contributed by atoms with Crippen molar-refractivity contribution in [3.05, 3.63) is 89.5 Å². The van der Waals surface area contributed by atoms with Crippen molar-refractivity contribution in [3.8, 4) is 16.9 Å². The van der Waals surface area contributed by atoms with Gasteiger partial charge in [-0.1, -0.05) is 60.2 Å². The van der Waals surface area contributed by atoms with Crippen LogP contribution < -0.4 is 20.9 Å². The third-order valence-corrected chi connectivity index (χ3v) is 4.69. The number of amides is 2. The summed E-state index contributed by atoms with van der Waals surface area (Å²) in [5.74, 6) is -0.169. The molecule has 0 saturated heterocycles. The average molecular weight is 434 g/mol. The predicted octanol–water partition coefficient (Wildman–Crippen LogP) is 3.68. The van der Waals surface area contributed by atoms with Gasteiger partial charge in [0.05, 0.1) is 0 Å². The fraction of sp³-hybridized carbons (Fsp3) is 0.125. The number of aryl methyl sites for hydroxylation is 2. The van der Waals surface area contributed by atoms with Crippen LogP contribution in [0.3, 0.4) is 0 Å². The molecule has 31 heavy (non-hydrogen) atoms. The second-order valence-corrected chi connectivity index (χ2v) is 7.37. The van der Waals surface area contributed by atoms with Gasteiger partial charge in [-0.3, -0.25) is 25.8 Å². The lowest BCUT2D eigenvalue weighted by molar-refractivity contribution is -0.123. The number of thiocarbonyl (C=S) groups is 1. The molecule has 0 aliphatic heterocycles. The van der Waals surface area contributed by atoms with E-state index in [1.165, 1.54) is 0 Å². The van der Waals surface area contributed by atoms with E-state index in [0.29, 0.717) is 11.3 Å². The first kappa shape index (κ1) is 22.0. The number of nitrogens with one attached hydrogen (secondary N) is 3. The van der Waals surface area contributed by atoms with Gasteiger partial charge in [0.1, 0.15) is 5.75 Å². The Balaban J connectivity index is 1.44. The first-order valence-corrected chi connectivity index (χ1v) is 10.1. The molecule has 0 heterocycles. The van der Waals surface area contributed by atoms with Crippen LogP contribution >= 0.6 is 12.2 Å². The highest BCUT2D eigenvalue weighted by Gasteiger charge is 2.10. The quantitative estimate of drug-likeness (QED) is 0.423. The van der Waals surface area contributed by atoms with Gasteiger partial charge in [-0.2, -0.15) is 0 Å². The molecule has 0 aromatic heterocycles. The van der Waals surface area contributed by atoms with Crippen molar-refractivity contribution >= 4 is 29.1 Å². The minimum absolute atomic E-state index is 0.0167. The van der Waals surface area contributed by atoms with Crippen LogP contribution in [-0.4, -0.2) is 23.5 Å². The topological polar surface area (TPSA) is 79.5 Å². The van der Waals surface area contributed by atoms with E-state index in [2.05, 4.69) is 16.2 Å². The van der Waals surface area contributed by atoms with E-state index in [-0.39, 0.29) is 17.6 Å². The smallest absolute Gasteiger partial charge is 0.276 e. The lowest BCUT2D eigenvalue weighted by Crippen LogP contribution is -2.49. The normalized spacial score (nSPS) is 10.1. The van der Waals surface area contributed by atoms with Crippen molar-refractivity contribution in [2.75, 3.05) is 6.61 Å². The zero-order chi connectivity index (χ0) is 22.2. The standard InChI is InChI=1S/C24H23N3O3S/c1-16-8-13-21(17(2)14-16)30-15-22(28)26-27-24(31)25-23(29)20-11-9-19(10-12-20)18-6-4-3-5-7-18/h3-14H,15H2,1-2H3,(H,26,28)(H2,25,27,29,31). The fourth-order valence-corrected chi connectivity index (χ4v) is 3.06. The van der Waals surface area contributed by atoms with Crippen molar-refractivity contribution in [3.63, 3.8) is 0 Å². The highest BCUT2D eigenvalue weighted by atomic mass is 32.1. The van der Waals surface area contributed by atoms with Crippen LogP contribution in [0.4, 0.5) is 0 Å². The van der Waals surface area contributed by atoms with E-state index in [1.54, 1.807) is 12.1 Å². The third kappa shape index (κ3) is 6.38. The Morgan fingerprint density at radius 1 is 0.871 bits per heavy atom. The molecular formula is C24H23N3O3S. The molecule has 2 amide bonds. The monoisotopic (exact) mass is 433 g/mol. The van der Waals surface area contributed by atoms with Crippen molar-refractivity contribution in [2.45, 2.75) is 13.8 Å². The van der Waals surface area contributed by atoms with E-state index in [0.717, 1.165) is 22.3 Å². The van der Waals surface area contributed by atoms with Gasteiger partial charge in [0, 0.05) is 5.56 Å². The molecule has 158 valence electrons. The summed E-state index contributed by atoms with van der Waals surface area (Å²) in [4.78, 5) is 24.3. The van der Waals surface area contributed by atoms with Crippen molar-refractivity contribution in [1.29, 1.82) is 0 Å². The number of rotatable bonds is 5. The Hall–Kier alpha value is -3.71. The van der Waals surface area contributed by atoms with Gasteiger partial charge in [0.25, 0.3) is 11.8 Å². The van der Waals surface area contributed by atoms with Crippen LogP contribution in [0, 0.1) is 13.8 Å². The first-order chi connectivity index (χ1) is 14.9. The molecule has 0 fully saturated rings. The molecule has 0 aliphatic rings. The number of ether oxygens (including phenoxy) is 1. The minimum Gasteiger partial charge on any atom is -0.483 e. The zero-order valence-corrected chi connectivity index (χ0v) is 18.1. The second kappa shape index (κ2) is 10.4. The van der Waals surface area contributed by atoms with Crippen LogP contribution in [0.1, 0.15) is 21.5 Å². The molecule has 7 heteroatoms. The number of hydrogen-bond acceptors (Lipinski definition) is 4. The maximum absolute atomic E-state index is 12.3. The fourth-order valence-electron chi connectivity index (χ4n) is 2.92. The molecule has 3 aromatic carbocycles. The molecule has 3 rings (SSSR count). The van der Waals surface area contributed by atoms with Crippen LogP contribution in [0.15, 0.2) is 72.8 Å². The molecule has 0 spiro atoms. The lowest BCUT2D eigenvalue weighted by Gasteiger charge is -2.12. The Kier molecular flexibility index (Phi) is 7.35. The van der Waals surface area contributed by atoms with Crippen molar-refractivity contribution in [2.24, 2.45) is 0 Å². The Bertz CT molecular complexity index is 1080. The van der Waals surface area contributed by atoms with Crippen LogP contribution in [0.25, 0.3) is 11.1 Å². The lowest BCUT2D eigenvalue weighted by atomic mass is 10.0. The predicted molar refractivity (Wildman–Crippen MR) is 125 cm³/mol. The molecule has 3 aromatic rings. The summed E-state index contributed by atoms with van der Waals surface area (Å²) in [5, 5.41) is 2.51. The second-order valence-electron chi connectivity index (χ2n) is 6.96. The molecule has 0 bridgehead atoms. The van der Waals surface area contributed by atoms with E-state index in [4.69, 9.17) is 17.0 Å². The summed E-state index contributed by atoms with van der Waals surface area (Å²) in [6, 6.07) is 22.8. The summed E-state index contributed by atoms with van der Waals surface area (Å²) in [6.07, 6.45) is 0. The Labute approximate surface area is 186 Å². The SMILES string of the molecule is Cc1ccc(OCC(=O)NNC(=S)NC(=O)c2ccc(-c3ccccc3)cc2)c(C)c1. The largest absolute Gasteiger partial charge is 0.483 e. The molecular weight excluding hydrogens is 410 g/mol. The van der Waals surface area contributed by atoms with Crippen LogP contribution in [0.2, 0.25) is 0 Å². The first-order valence-electron chi connectivity index (χ1n) is 9.68. The highest BCUT2D eigenvalue weighted by molar-refractivity contribution is 7.80. The molecule has 0 unspecified atom stereocenters. The summed E-state index contributed by atoms with van der Waals surface area (Å²) in [6.45, 7) is 3.71. The van der Waals surface area contributed by atoms with E-state index in [1.807, 2.05) is 74.5 Å². The van der Waals surface area contributed by atoms with Gasteiger partial charge in [-0.15, -0.1) is 0 Å². The van der Waals surface area contributed by atoms with Gasteiger partial charge in [-0.05, 0) is 61.0 Å². The highest BCUT2D eigenvalue weighted by Crippen LogP contribution is 2.19. The maximum atomic E-state index is 12.3. The summed E-state index contributed by atoms with van der Waals surface area (Å²) >= 11 is 5.07. The van der Waals surface area contributed by atoms with Gasteiger partial charge in [0.2, 0.25) is 0 Å². The van der Waals surface area contributed by atoms with Gasteiger partial charge < -0.3 is 4.74 Å². The van der Waals surface area contributed by atoms with Crippen LogP contribution in [-0.2, 0) is 4.79 Å². The van der Waals surface area contributed by atoms with Gasteiger partial charge in [0.15, 0.2) is 11.7 Å². The molecule has 0 saturated carbocycles. The maximum Gasteiger partial charge on any atom is 0.276 e. The number of carbonyl (C=O) groups is 2. The summed E-state index contributed by atoms with van der Waals surface area (Å²) < 4.78 is 5.50. The molecule has 6 nitrogen and oxygen atoms in total. The van der Waals surface area contributed by atoms with E-state index >= 15 is 0 Å². The van der Waals surface area contributed by atoms with E-state index in [9.17, 15) is 9.59 Å². The summed E-state index contributed by atoms with van der Waals surface area (Å²) in [7, 11) is 0. The van der Waals surface area contributed by atoms with Gasteiger partial charge in [-0.25, -0.2) is 0 Å². The van der Waals surface area contributed by atoms with Crippen LogP contribution in [0.5, 0.6) is 5.75 Å². The molecule has 3 N–H and O–H groups in total.